The molecule has 0 aliphatic carbocycles. The first kappa shape index (κ1) is 20.7. The van der Waals surface area contributed by atoms with E-state index in [4.69, 9.17) is 0 Å². The van der Waals surface area contributed by atoms with Crippen LogP contribution in [0.25, 0.3) is 0 Å². The Hall–Kier alpha value is -2.58. The van der Waals surface area contributed by atoms with Gasteiger partial charge in [0.2, 0.25) is 15.9 Å². The van der Waals surface area contributed by atoms with E-state index in [1.807, 2.05) is 0 Å². The number of carbonyl (C=O) groups excluding carboxylic acids is 2. The van der Waals surface area contributed by atoms with E-state index in [0.717, 1.165) is 12.1 Å². The molecule has 1 atom stereocenters. The van der Waals surface area contributed by atoms with Crippen molar-refractivity contribution in [1.29, 1.82) is 0 Å². The first-order valence-corrected chi connectivity index (χ1v) is 9.79. The minimum absolute atomic E-state index is 0.106. The molecule has 144 valence electrons. The molecular formula is C19H21FN2O4S. The van der Waals surface area contributed by atoms with Crippen LogP contribution < -0.4 is 10.0 Å². The van der Waals surface area contributed by atoms with Crippen LogP contribution in [-0.2, 0) is 14.8 Å². The summed E-state index contributed by atoms with van der Waals surface area (Å²) in [6.45, 7) is 4.78. The molecule has 8 heteroatoms. The molecular weight excluding hydrogens is 371 g/mol. The second kappa shape index (κ2) is 8.41. The van der Waals surface area contributed by atoms with Gasteiger partial charge >= 0.3 is 0 Å². The first-order chi connectivity index (χ1) is 12.6. The number of halogens is 1. The Morgan fingerprint density at radius 2 is 1.59 bits per heavy atom. The molecule has 0 aromatic heterocycles. The first-order valence-electron chi connectivity index (χ1n) is 8.30. The Bertz CT molecular complexity index is 940. The summed E-state index contributed by atoms with van der Waals surface area (Å²) in [7, 11) is -4.22. The number of benzene rings is 2. The second-order valence-corrected chi connectivity index (χ2v) is 8.08. The smallest absolute Gasteiger partial charge is 0.244 e. The van der Waals surface area contributed by atoms with Gasteiger partial charge in [-0.2, -0.15) is 4.72 Å². The summed E-state index contributed by atoms with van der Waals surface area (Å²) >= 11 is 0. The van der Waals surface area contributed by atoms with E-state index in [9.17, 15) is 22.4 Å². The van der Waals surface area contributed by atoms with Gasteiger partial charge in [0.25, 0.3) is 0 Å². The van der Waals surface area contributed by atoms with Crippen LogP contribution in [0, 0.1) is 11.7 Å². The third-order valence-corrected chi connectivity index (χ3v) is 5.39. The van der Waals surface area contributed by atoms with Gasteiger partial charge in [-0.3, -0.25) is 9.59 Å². The zero-order valence-corrected chi connectivity index (χ0v) is 16.0. The Morgan fingerprint density at radius 3 is 2.11 bits per heavy atom. The van der Waals surface area contributed by atoms with Gasteiger partial charge in [-0.05, 0) is 49.2 Å². The van der Waals surface area contributed by atoms with E-state index in [-0.39, 0.29) is 11.7 Å². The van der Waals surface area contributed by atoms with Crippen LogP contribution in [0.15, 0.2) is 53.4 Å². The fourth-order valence-electron chi connectivity index (χ4n) is 2.39. The number of anilines is 1. The predicted octanol–water partition coefficient (Wildman–Crippen LogP) is 2.97. The summed E-state index contributed by atoms with van der Waals surface area (Å²) in [5, 5.41) is 2.61. The molecule has 1 amide bonds. The number of ketones is 1. The summed E-state index contributed by atoms with van der Waals surface area (Å²) in [6, 6.07) is 10.1. The molecule has 2 aromatic carbocycles. The number of hydrogen-bond acceptors (Lipinski definition) is 4. The lowest BCUT2D eigenvalue weighted by atomic mass is 10.0. The fourth-order valence-corrected chi connectivity index (χ4v) is 3.82. The van der Waals surface area contributed by atoms with Crippen molar-refractivity contribution in [3.05, 3.63) is 59.9 Å². The van der Waals surface area contributed by atoms with Gasteiger partial charge in [0, 0.05) is 11.3 Å². The SMILES string of the molecule is CC(=O)c1ccc(NC(=O)[C@H](NS(=O)(=O)c2ccccc2F)C(C)C)cc1. The molecule has 2 N–H and O–H groups in total. The van der Waals surface area contributed by atoms with E-state index < -0.39 is 32.7 Å². The van der Waals surface area contributed by atoms with Gasteiger partial charge in [-0.15, -0.1) is 0 Å². The Balaban J connectivity index is 2.20. The molecule has 0 spiro atoms. The normalized spacial score (nSPS) is 12.6. The van der Waals surface area contributed by atoms with Crippen molar-refractivity contribution in [2.45, 2.75) is 31.7 Å². The molecule has 0 radical (unpaired) electrons. The molecule has 2 aromatic rings. The van der Waals surface area contributed by atoms with E-state index >= 15 is 0 Å². The summed E-state index contributed by atoms with van der Waals surface area (Å²) in [4.78, 5) is 23.3. The third-order valence-electron chi connectivity index (χ3n) is 3.92. The zero-order chi connectivity index (χ0) is 20.2. The summed E-state index contributed by atoms with van der Waals surface area (Å²) in [6.07, 6.45) is 0. The minimum atomic E-state index is -4.22. The van der Waals surface area contributed by atoms with Gasteiger partial charge in [0.15, 0.2) is 5.78 Å². The number of Topliss-reactive ketones (excluding diaryl/α,β-unsaturated/α-hetero) is 1. The van der Waals surface area contributed by atoms with Crippen molar-refractivity contribution in [2.24, 2.45) is 5.92 Å². The monoisotopic (exact) mass is 392 g/mol. The van der Waals surface area contributed by atoms with Crippen LogP contribution in [0.1, 0.15) is 31.1 Å². The quantitative estimate of drug-likeness (QED) is 0.709. The van der Waals surface area contributed by atoms with Crippen molar-refractivity contribution in [1.82, 2.24) is 4.72 Å². The number of carbonyl (C=O) groups is 2. The average Bonchev–Trinajstić information content (AvgIpc) is 2.60. The number of nitrogens with one attached hydrogen (secondary N) is 2. The highest BCUT2D eigenvalue weighted by atomic mass is 32.2. The number of amides is 1. The molecule has 0 bridgehead atoms. The fraction of sp³-hybridized carbons (Fsp3) is 0.263. The van der Waals surface area contributed by atoms with Gasteiger partial charge < -0.3 is 5.32 Å². The predicted molar refractivity (Wildman–Crippen MR) is 100 cm³/mol. The van der Waals surface area contributed by atoms with Crippen LogP contribution in [-0.4, -0.2) is 26.2 Å². The van der Waals surface area contributed by atoms with Crippen molar-refractivity contribution < 1.29 is 22.4 Å². The minimum Gasteiger partial charge on any atom is -0.325 e. The van der Waals surface area contributed by atoms with Gasteiger partial charge in [-0.1, -0.05) is 26.0 Å². The summed E-state index contributed by atoms with van der Waals surface area (Å²) in [5.74, 6) is -1.97. The lowest BCUT2D eigenvalue weighted by Crippen LogP contribution is -2.47. The van der Waals surface area contributed by atoms with Crippen molar-refractivity contribution in [3.63, 3.8) is 0 Å². The largest absolute Gasteiger partial charge is 0.325 e. The highest BCUT2D eigenvalue weighted by Gasteiger charge is 2.29. The molecule has 0 unspecified atom stereocenters. The molecule has 27 heavy (non-hydrogen) atoms. The molecule has 0 aliphatic rings. The number of hydrogen-bond donors (Lipinski definition) is 2. The molecule has 0 heterocycles. The van der Waals surface area contributed by atoms with E-state index in [0.29, 0.717) is 11.3 Å². The van der Waals surface area contributed by atoms with E-state index in [1.54, 1.807) is 38.1 Å². The van der Waals surface area contributed by atoms with Gasteiger partial charge in [0.05, 0.1) is 0 Å². The molecule has 0 aliphatic heterocycles. The van der Waals surface area contributed by atoms with Gasteiger partial charge in [-0.25, -0.2) is 12.8 Å². The maximum absolute atomic E-state index is 13.8. The van der Waals surface area contributed by atoms with Crippen LogP contribution in [0.4, 0.5) is 10.1 Å². The number of sulfonamides is 1. The Labute approximate surface area is 157 Å². The van der Waals surface area contributed by atoms with Crippen molar-refractivity contribution >= 4 is 27.4 Å². The highest BCUT2D eigenvalue weighted by Crippen LogP contribution is 2.17. The zero-order valence-electron chi connectivity index (χ0n) is 15.2. The Kier molecular flexibility index (Phi) is 6.45. The standard InChI is InChI=1S/C19H21FN2O4S/c1-12(2)18(22-27(25,26)17-7-5-4-6-16(17)20)19(24)21-15-10-8-14(9-11-15)13(3)23/h4-12,18,22H,1-3H3,(H,21,24)/t18-/m1/s1. The average molecular weight is 392 g/mol. The molecule has 0 fully saturated rings. The van der Waals surface area contributed by atoms with Crippen LogP contribution >= 0.6 is 0 Å². The van der Waals surface area contributed by atoms with Crippen molar-refractivity contribution in [2.75, 3.05) is 5.32 Å². The van der Waals surface area contributed by atoms with Gasteiger partial charge in [0.1, 0.15) is 16.8 Å². The van der Waals surface area contributed by atoms with Crippen molar-refractivity contribution in [3.8, 4) is 0 Å². The maximum Gasteiger partial charge on any atom is 0.244 e. The molecule has 0 saturated heterocycles. The number of rotatable bonds is 7. The maximum atomic E-state index is 13.8. The summed E-state index contributed by atoms with van der Waals surface area (Å²) in [5.41, 5.74) is 0.911. The third kappa shape index (κ3) is 5.21. The molecule has 2 rings (SSSR count). The lowest BCUT2D eigenvalue weighted by Gasteiger charge is -2.22. The Morgan fingerprint density at radius 1 is 1.00 bits per heavy atom. The summed E-state index contributed by atoms with van der Waals surface area (Å²) < 4.78 is 41.1. The molecule has 6 nitrogen and oxygen atoms in total. The van der Waals surface area contributed by atoms with E-state index in [2.05, 4.69) is 10.0 Å². The highest BCUT2D eigenvalue weighted by molar-refractivity contribution is 7.89. The van der Waals surface area contributed by atoms with Crippen LogP contribution in [0.2, 0.25) is 0 Å². The van der Waals surface area contributed by atoms with Crippen LogP contribution in [0.3, 0.4) is 0 Å². The molecule has 0 saturated carbocycles. The van der Waals surface area contributed by atoms with Crippen LogP contribution in [0.5, 0.6) is 0 Å². The van der Waals surface area contributed by atoms with E-state index in [1.165, 1.54) is 19.1 Å². The second-order valence-electron chi connectivity index (χ2n) is 6.40. The topological polar surface area (TPSA) is 92.3 Å². The lowest BCUT2D eigenvalue weighted by molar-refractivity contribution is -0.118.